The molecule has 0 amide bonds. The molecular formula is C41H25N3O. The molecule has 0 fully saturated rings. The lowest BCUT2D eigenvalue weighted by Crippen LogP contribution is -2.00. The zero-order valence-electron chi connectivity index (χ0n) is 24.2. The molecule has 0 aliphatic carbocycles. The number of benzene rings is 7. The molecule has 9 rings (SSSR count). The SMILES string of the molecule is c1ccc(-c2cccc(-c3nc(-c4ccccc4)nc(-c4ccc5ccc6ccc7oc8ccccc8c7c6c5c4)n3)c2)cc1. The molecule has 0 spiro atoms. The zero-order valence-corrected chi connectivity index (χ0v) is 24.2. The van der Waals surface area contributed by atoms with Gasteiger partial charge in [0.2, 0.25) is 0 Å². The van der Waals surface area contributed by atoms with Gasteiger partial charge in [0, 0.05) is 32.8 Å². The van der Waals surface area contributed by atoms with E-state index >= 15 is 0 Å². The van der Waals surface area contributed by atoms with Gasteiger partial charge in [-0.3, -0.25) is 0 Å². The summed E-state index contributed by atoms with van der Waals surface area (Å²) in [6.45, 7) is 0. The van der Waals surface area contributed by atoms with Gasteiger partial charge in [-0.05, 0) is 51.6 Å². The maximum atomic E-state index is 6.26. The number of fused-ring (bicyclic) bond motifs is 7. The molecule has 45 heavy (non-hydrogen) atoms. The average molecular weight is 576 g/mol. The summed E-state index contributed by atoms with van der Waals surface area (Å²) in [5, 5.41) is 6.87. The van der Waals surface area contributed by atoms with E-state index in [0.29, 0.717) is 17.5 Å². The minimum absolute atomic E-state index is 0.632. The number of hydrogen-bond donors (Lipinski definition) is 0. The third-order valence-electron chi connectivity index (χ3n) is 8.49. The van der Waals surface area contributed by atoms with Crippen LogP contribution in [0.5, 0.6) is 0 Å². The summed E-state index contributed by atoms with van der Waals surface area (Å²) in [6, 6.07) is 52.2. The zero-order chi connectivity index (χ0) is 29.7. The van der Waals surface area contributed by atoms with E-state index in [1.54, 1.807) is 0 Å². The van der Waals surface area contributed by atoms with Crippen LogP contribution in [0.3, 0.4) is 0 Å². The monoisotopic (exact) mass is 575 g/mol. The van der Waals surface area contributed by atoms with Crippen molar-refractivity contribution in [3.63, 3.8) is 0 Å². The molecule has 0 N–H and O–H groups in total. The topological polar surface area (TPSA) is 51.8 Å². The summed E-state index contributed by atoms with van der Waals surface area (Å²) in [5.41, 5.74) is 6.85. The lowest BCUT2D eigenvalue weighted by molar-refractivity contribution is 0.669. The second kappa shape index (κ2) is 10.2. The maximum Gasteiger partial charge on any atom is 0.164 e. The Bertz CT molecular complexity index is 2540. The van der Waals surface area contributed by atoms with Crippen molar-refractivity contribution in [1.82, 2.24) is 15.0 Å². The van der Waals surface area contributed by atoms with Crippen LogP contribution in [0.2, 0.25) is 0 Å². The molecule has 0 saturated carbocycles. The fraction of sp³-hybridized carbons (Fsp3) is 0. The number of para-hydroxylation sites is 1. The van der Waals surface area contributed by atoms with Crippen molar-refractivity contribution in [2.45, 2.75) is 0 Å². The Morgan fingerprint density at radius 2 is 0.911 bits per heavy atom. The van der Waals surface area contributed by atoms with Crippen molar-refractivity contribution in [1.29, 1.82) is 0 Å². The van der Waals surface area contributed by atoms with Gasteiger partial charge in [-0.25, -0.2) is 15.0 Å². The van der Waals surface area contributed by atoms with Crippen LogP contribution >= 0.6 is 0 Å². The van der Waals surface area contributed by atoms with Crippen LogP contribution in [-0.4, -0.2) is 15.0 Å². The molecule has 7 aromatic carbocycles. The van der Waals surface area contributed by atoms with Gasteiger partial charge in [0.05, 0.1) is 0 Å². The van der Waals surface area contributed by atoms with Crippen LogP contribution in [0.15, 0.2) is 156 Å². The third kappa shape index (κ3) is 4.35. The molecule has 0 saturated heterocycles. The van der Waals surface area contributed by atoms with Crippen molar-refractivity contribution < 1.29 is 4.42 Å². The standard InChI is InChI=1S/C41H25N3O/c1-3-10-26(11-4-1)30-14-9-15-31(24-30)40-42-39(29-12-5-2-6-13-29)43-41(44-40)32-21-19-27-18-20-28-22-23-36-38(37(28)34(27)25-32)33-16-7-8-17-35(33)45-36/h1-25H. The van der Waals surface area contributed by atoms with Gasteiger partial charge >= 0.3 is 0 Å². The highest BCUT2D eigenvalue weighted by atomic mass is 16.3. The molecule has 0 aliphatic rings. The van der Waals surface area contributed by atoms with Gasteiger partial charge < -0.3 is 4.42 Å². The highest BCUT2D eigenvalue weighted by Gasteiger charge is 2.16. The van der Waals surface area contributed by atoms with Crippen molar-refractivity contribution in [3.8, 4) is 45.3 Å². The van der Waals surface area contributed by atoms with Crippen LogP contribution in [-0.2, 0) is 0 Å². The third-order valence-corrected chi connectivity index (χ3v) is 8.49. The Labute approximate surface area is 259 Å². The highest BCUT2D eigenvalue weighted by molar-refractivity contribution is 6.26. The van der Waals surface area contributed by atoms with Crippen LogP contribution in [0.4, 0.5) is 0 Å². The summed E-state index contributed by atoms with van der Waals surface area (Å²) < 4.78 is 6.26. The molecule has 2 aromatic heterocycles. The number of furan rings is 1. The van der Waals surface area contributed by atoms with E-state index in [9.17, 15) is 0 Å². The first kappa shape index (κ1) is 25.4. The normalized spacial score (nSPS) is 11.6. The summed E-state index contributed by atoms with van der Waals surface area (Å²) in [6.07, 6.45) is 0. The number of hydrogen-bond acceptors (Lipinski definition) is 4. The molecule has 0 radical (unpaired) electrons. The Morgan fingerprint density at radius 1 is 0.333 bits per heavy atom. The lowest BCUT2D eigenvalue weighted by atomic mass is 9.96. The molecule has 0 bridgehead atoms. The van der Waals surface area contributed by atoms with E-state index < -0.39 is 0 Å². The Hall–Kier alpha value is -6.13. The molecule has 210 valence electrons. The molecule has 9 aromatic rings. The first-order valence-electron chi connectivity index (χ1n) is 15.0. The van der Waals surface area contributed by atoms with Crippen LogP contribution in [0.25, 0.3) is 88.8 Å². The Balaban J connectivity index is 1.28. The smallest absolute Gasteiger partial charge is 0.164 e. The predicted molar refractivity (Wildman–Crippen MR) is 184 cm³/mol. The summed E-state index contributed by atoms with van der Waals surface area (Å²) in [7, 11) is 0. The van der Waals surface area contributed by atoms with Gasteiger partial charge in [0.15, 0.2) is 17.5 Å². The van der Waals surface area contributed by atoms with E-state index in [-0.39, 0.29) is 0 Å². The van der Waals surface area contributed by atoms with Gasteiger partial charge in [-0.1, -0.05) is 127 Å². The van der Waals surface area contributed by atoms with Crippen molar-refractivity contribution in [2.75, 3.05) is 0 Å². The van der Waals surface area contributed by atoms with E-state index in [4.69, 9.17) is 19.4 Å². The minimum Gasteiger partial charge on any atom is -0.456 e. The fourth-order valence-corrected chi connectivity index (χ4v) is 6.32. The molecular weight excluding hydrogens is 550 g/mol. The molecule has 0 unspecified atom stereocenters. The van der Waals surface area contributed by atoms with Crippen LogP contribution in [0, 0.1) is 0 Å². The molecule has 4 heteroatoms. The Kier molecular flexibility index (Phi) is 5.78. The summed E-state index contributed by atoms with van der Waals surface area (Å²) in [4.78, 5) is 15.1. The predicted octanol–water partition coefficient (Wildman–Crippen LogP) is 10.7. The fourth-order valence-electron chi connectivity index (χ4n) is 6.32. The number of rotatable bonds is 4. The highest BCUT2D eigenvalue weighted by Crippen LogP contribution is 2.39. The van der Waals surface area contributed by atoms with Gasteiger partial charge in [-0.15, -0.1) is 0 Å². The summed E-state index contributed by atoms with van der Waals surface area (Å²) >= 11 is 0. The van der Waals surface area contributed by atoms with Gasteiger partial charge in [0.1, 0.15) is 11.2 Å². The number of aromatic nitrogens is 3. The second-order valence-corrected chi connectivity index (χ2v) is 11.3. The number of nitrogens with zero attached hydrogens (tertiary/aromatic N) is 3. The van der Waals surface area contributed by atoms with E-state index in [1.807, 2.05) is 48.5 Å². The molecule has 4 nitrogen and oxygen atoms in total. The van der Waals surface area contributed by atoms with Crippen molar-refractivity contribution in [2.24, 2.45) is 0 Å². The lowest BCUT2D eigenvalue weighted by Gasteiger charge is -2.11. The van der Waals surface area contributed by atoms with Crippen LogP contribution in [0.1, 0.15) is 0 Å². The van der Waals surface area contributed by atoms with Crippen LogP contribution < -0.4 is 0 Å². The van der Waals surface area contributed by atoms with E-state index in [1.165, 1.54) is 5.39 Å². The molecule has 0 aliphatic heterocycles. The van der Waals surface area contributed by atoms with E-state index in [2.05, 4.69) is 103 Å². The van der Waals surface area contributed by atoms with Gasteiger partial charge in [0.25, 0.3) is 0 Å². The Morgan fingerprint density at radius 3 is 1.71 bits per heavy atom. The second-order valence-electron chi connectivity index (χ2n) is 11.3. The van der Waals surface area contributed by atoms with E-state index in [0.717, 1.165) is 65.9 Å². The first-order chi connectivity index (χ1) is 22.3. The van der Waals surface area contributed by atoms with Crippen molar-refractivity contribution in [3.05, 3.63) is 152 Å². The van der Waals surface area contributed by atoms with Gasteiger partial charge in [-0.2, -0.15) is 0 Å². The molecule has 2 heterocycles. The minimum atomic E-state index is 0.632. The quantitative estimate of drug-likeness (QED) is 0.196. The molecule has 0 atom stereocenters. The summed E-state index contributed by atoms with van der Waals surface area (Å²) in [5.74, 6) is 1.91. The maximum absolute atomic E-state index is 6.26. The largest absolute Gasteiger partial charge is 0.456 e. The van der Waals surface area contributed by atoms with Crippen molar-refractivity contribution >= 4 is 43.5 Å². The first-order valence-corrected chi connectivity index (χ1v) is 15.0. The average Bonchev–Trinajstić information content (AvgIpc) is 3.51.